The first kappa shape index (κ1) is 19.9. The van der Waals surface area contributed by atoms with Gasteiger partial charge in [0.2, 0.25) is 5.91 Å². The van der Waals surface area contributed by atoms with Gasteiger partial charge < -0.3 is 9.47 Å². The zero-order valence-corrected chi connectivity index (χ0v) is 17.3. The highest BCUT2D eigenvalue weighted by Gasteiger charge is 2.31. The second kappa shape index (κ2) is 8.96. The Kier molecular flexibility index (Phi) is 5.94. The number of nitrogens with zero attached hydrogens (tertiary/aromatic N) is 4. The Bertz CT molecular complexity index is 1060. The zero-order valence-electron chi connectivity index (χ0n) is 17.3. The fourth-order valence-corrected chi connectivity index (χ4v) is 4.08. The van der Waals surface area contributed by atoms with Gasteiger partial charge in [-0.25, -0.2) is 9.83 Å². The minimum atomic E-state index is 0.0665. The average molecular weight is 399 g/mol. The maximum Gasteiger partial charge on any atom is 0.226 e. The van der Waals surface area contributed by atoms with E-state index in [0.29, 0.717) is 12.2 Å². The summed E-state index contributed by atoms with van der Waals surface area (Å²) in [5, 5.41) is 0. The molecule has 0 radical (unpaired) electrons. The molecule has 5 heteroatoms. The zero-order chi connectivity index (χ0) is 20.9. The van der Waals surface area contributed by atoms with Crippen LogP contribution >= 0.6 is 0 Å². The molecule has 0 unspecified atom stereocenters. The number of carbonyl (C=O) groups excluding carboxylic acids is 1. The summed E-state index contributed by atoms with van der Waals surface area (Å²) in [6.07, 6.45) is 6.39. The van der Waals surface area contributed by atoms with Gasteiger partial charge in [-0.3, -0.25) is 4.79 Å². The van der Waals surface area contributed by atoms with Gasteiger partial charge in [0.15, 0.2) is 5.69 Å². The molecule has 0 N–H and O–H groups in total. The molecule has 1 saturated heterocycles. The number of hydrogen-bond acceptors (Lipinski definition) is 2. The van der Waals surface area contributed by atoms with Gasteiger partial charge in [-0.15, -0.1) is 0 Å². The molecule has 1 aliphatic heterocycles. The summed E-state index contributed by atoms with van der Waals surface area (Å²) in [4.78, 5) is 22.6. The fraction of sp³-hybridized carbons (Fsp3) is 0.320. The number of benzene rings is 2. The van der Waals surface area contributed by atoms with E-state index >= 15 is 0 Å². The molecular formula is C25H26N4O. The molecule has 4 rings (SSSR count). The standard InChI is InChI=1S/C25H26N4O/c1-19-6-8-20(9-7-19)16-29-18-27-15-24(29)11-10-22-12-13-28(25(22)30)17-21-4-3-5-23(14-21)26-2/h3-9,14-15,18,22H,10-13,16-17H2,1H3/t22-/m0/s1. The molecule has 1 atom stereocenters. The van der Waals surface area contributed by atoms with Crippen LogP contribution in [0.2, 0.25) is 0 Å². The van der Waals surface area contributed by atoms with E-state index < -0.39 is 0 Å². The third-order valence-electron chi connectivity index (χ3n) is 5.84. The topological polar surface area (TPSA) is 42.5 Å². The summed E-state index contributed by atoms with van der Waals surface area (Å²) in [7, 11) is 0. The Morgan fingerprint density at radius 1 is 1.13 bits per heavy atom. The van der Waals surface area contributed by atoms with Gasteiger partial charge in [0.25, 0.3) is 0 Å². The molecule has 1 fully saturated rings. The van der Waals surface area contributed by atoms with Crippen LogP contribution in [0.3, 0.4) is 0 Å². The SMILES string of the molecule is [C-]#[N+]c1cccc(CN2CC[C@H](CCc3cncn3Cc3ccc(C)cc3)C2=O)c1. The summed E-state index contributed by atoms with van der Waals surface area (Å²) in [6.45, 7) is 11.4. The van der Waals surface area contributed by atoms with Gasteiger partial charge in [-0.2, -0.15) is 0 Å². The van der Waals surface area contributed by atoms with Crippen LogP contribution in [-0.2, 0) is 24.3 Å². The molecule has 0 aliphatic carbocycles. The van der Waals surface area contributed by atoms with Crippen LogP contribution in [0.1, 0.15) is 35.2 Å². The fourth-order valence-electron chi connectivity index (χ4n) is 4.08. The molecule has 0 spiro atoms. The third-order valence-corrected chi connectivity index (χ3v) is 5.84. The van der Waals surface area contributed by atoms with Crippen molar-refractivity contribution in [1.29, 1.82) is 0 Å². The van der Waals surface area contributed by atoms with Crippen LogP contribution in [0.4, 0.5) is 5.69 Å². The smallest absolute Gasteiger partial charge is 0.226 e. The largest absolute Gasteiger partial charge is 0.338 e. The van der Waals surface area contributed by atoms with Gasteiger partial charge in [0.05, 0.1) is 12.9 Å². The maximum absolute atomic E-state index is 12.9. The first-order valence-electron chi connectivity index (χ1n) is 10.4. The van der Waals surface area contributed by atoms with Crippen molar-refractivity contribution < 1.29 is 4.79 Å². The van der Waals surface area contributed by atoms with E-state index in [-0.39, 0.29) is 11.8 Å². The molecule has 2 heterocycles. The van der Waals surface area contributed by atoms with E-state index in [2.05, 4.69) is 45.6 Å². The van der Waals surface area contributed by atoms with E-state index in [0.717, 1.165) is 37.9 Å². The third kappa shape index (κ3) is 4.60. The number of aryl methyl sites for hydroxylation is 2. The number of hydrogen-bond donors (Lipinski definition) is 0. The lowest BCUT2D eigenvalue weighted by Gasteiger charge is -2.17. The lowest BCUT2D eigenvalue weighted by atomic mass is 10.0. The normalized spacial score (nSPS) is 16.1. The summed E-state index contributed by atoms with van der Waals surface area (Å²) in [5.41, 5.74) is 5.33. The van der Waals surface area contributed by atoms with Gasteiger partial charge in [0.1, 0.15) is 0 Å². The van der Waals surface area contributed by atoms with E-state index in [9.17, 15) is 4.79 Å². The van der Waals surface area contributed by atoms with Crippen molar-refractivity contribution in [2.24, 2.45) is 5.92 Å². The van der Waals surface area contributed by atoms with Crippen LogP contribution in [0.15, 0.2) is 61.1 Å². The van der Waals surface area contributed by atoms with E-state index in [1.54, 1.807) is 6.07 Å². The van der Waals surface area contributed by atoms with Gasteiger partial charge in [-0.1, -0.05) is 54.1 Å². The predicted molar refractivity (Wildman–Crippen MR) is 117 cm³/mol. The second-order valence-electron chi connectivity index (χ2n) is 8.06. The highest BCUT2D eigenvalue weighted by atomic mass is 16.2. The average Bonchev–Trinajstić information content (AvgIpc) is 3.35. The number of imidazole rings is 1. The number of aromatic nitrogens is 2. The van der Waals surface area contributed by atoms with Crippen LogP contribution in [0.5, 0.6) is 0 Å². The molecule has 5 nitrogen and oxygen atoms in total. The van der Waals surface area contributed by atoms with Crippen molar-refractivity contribution >= 4 is 11.6 Å². The first-order chi connectivity index (χ1) is 14.6. The number of carbonyl (C=O) groups is 1. The molecule has 3 aromatic rings. The van der Waals surface area contributed by atoms with E-state index in [4.69, 9.17) is 6.57 Å². The number of amides is 1. The monoisotopic (exact) mass is 398 g/mol. The van der Waals surface area contributed by atoms with E-state index in [1.807, 2.05) is 35.6 Å². The van der Waals surface area contributed by atoms with Crippen molar-refractivity contribution in [3.05, 3.63) is 94.9 Å². The van der Waals surface area contributed by atoms with Crippen LogP contribution in [0, 0.1) is 19.4 Å². The van der Waals surface area contributed by atoms with Crippen LogP contribution in [-0.4, -0.2) is 26.9 Å². The number of rotatable bonds is 7. The Hall–Kier alpha value is -3.39. The lowest BCUT2D eigenvalue weighted by Crippen LogP contribution is -2.27. The minimum absolute atomic E-state index is 0.0665. The molecule has 152 valence electrons. The van der Waals surface area contributed by atoms with Crippen molar-refractivity contribution in [1.82, 2.24) is 14.5 Å². The highest BCUT2D eigenvalue weighted by molar-refractivity contribution is 5.80. The lowest BCUT2D eigenvalue weighted by molar-refractivity contribution is -0.131. The summed E-state index contributed by atoms with van der Waals surface area (Å²) >= 11 is 0. The Labute approximate surface area is 177 Å². The summed E-state index contributed by atoms with van der Waals surface area (Å²) in [6, 6.07) is 16.1. The van der Waals surface area contributed by atoms with Gasteiger partial charge >= 0.3 is 0 Å². The molecule has 0 bridgehead atoms. The van der Waals surface area contributed by atoms with Crippen molar-refractivity contribution in [3.63, 3.8) is 0 Å². The Balaban J connectivity index is 1.34. The maximum atomic E-state index is 12.9. The van der Waals surface area contributed by atoms with E-state index in [1.165, 1.54) is 16.8 Å². The summed E-state index contributed by atoms with van der Waals surface area (Å²) < 4.78 is 2.18. The van der Waals surface area contributed by atoms with Crippen molar-refractivity contribution in [3.8, 4) is 0 Å². The van der Waals surface area contributed by atoms with Crippen molar-refractivity contribution in [2.45, 2.75) is 39.3 Å². The van der Waals surface area contributed by atoms with Gasteiger partial charge in [0, 0.05) is 37.4 Å². The molecule has 2 aromatic carbocycles. The molecule has 1 aliphatic rings. The molecule has 1 aromatic heterocycles. The van der Waals surface area contributed by atoms with Crippen molar-refractivity contribution in [2.75, 3.05) is 6.54 Å². The molecule has 0 saturated carbocycles. The quantitative estimate of drug-likeness (QED) is 0.538. The van der Waals surface area contributed by atoms with Gasteiger partial charge in [-0.05, 0) is 37.3 Å². The Morgan fingerprint density at radius 3 is 2.77 bits per heavy atom. The highest BCUT2D eigenvalue weighted by Crippen LogP contribution is 2.26. The Morgan fingerprint density at radius 2 is 1.97 bits per heavy atom. The minimum Gasteiger partial charge on any atom is -0.338 e. The predicted octanol–water partition coefficient (Wildman–Crippen LogP) is 4.77. The summed E-state index contributed by atoms with van der Waals surface area (Å²) in [5.74, 6) is 0.296. The van der Waals surface area contributed by atoms with Crippen LogP contribution in [0.25, 0.3) is 4.85 Å². The first-order valence-corrected chi connectivity index (χ1v) is 10.4. The molecular weight excluding hydrogens is 372 g/mol. The number of likely N-dealkylation sites (tertiary alicyclic amines) is 1. The van der Waals surface area contributed by atoms with Crippen LogP contribution < -0.4 is 0 Å². The molecule has 30 heavy (non-hydrogen) atoms. The second-order valence-corrected chi connectivity index (χ2v) is 8.06. The molecule has 1 amide bonds.